The summed E-state index contributed by atoms with van der Waals surface area (Å²) >= 11 is 0. The predicted octanol–water partition coefficient (Wildman–Crippen LogP) is -0.0852. The van der Waals surface area contributed by atoms with E-state index < -0.39 is 5.60 Å². The van der Waals surface area contributed by atoms with E-state index in [1.54, 1.807) is 0 Å². The molecule has 100 valence electrons. The molecular weight excluding hydrogens is 242 g/mol. The molecule has 0 spiro atoms. The third-order valence-electron chi connectivity index (χ3n) is 4.05. The van der Waals surface area contributed by atoms with E-state index in [0.717, 1.165) is 49.5 Å². The number of ether oxygens (including phenoxy) is 2. The van der Waals surface area contributed by atoms with Crippen molar-refractivity contribution in [2.45, 2.75) is 18.4 Å². The van der Waals surface area contributed by atoms with Gasteiger partial charge in [0.15, 0.2) is 11.5 Å². The van der Waals surface area contributed by atoms with Crippen molar-refractivity contribution in [3.05, 3.63) is 23.8 Å². The van der Waals surface area contributed by atoms with E-state index in [0.29, 0.717) is 0 Å². The average molecular weight is 260 g/mol. The van der Waals surface area contributed by atoms with Gasteiger partial charge in [-0.3, -0.25) is 0 Å². The van der Waals surface area contributed by atoms with E-state index in [-0.39, 0.29) is 6.79 Å². The van der Waals surface area contributed by atoms with Crippen LogP contribution in [0.25, 0.3) is 0 Å². The first kappa shape index (κ1) is 12.3. The lowest BCUT2D eigenvalue weighted by atomic mass is 9.84. The number of hydrogen-bond donors (Lipinski definition) is 2. The zero-order chi connectivity index (χ0) is 13.3. The molecule has 2 heterocycles. The van der Waals surface area contributed by atoms with Gasteiger partial charge in [-0.25, -0.2) is 0 Å². The molecule has 1 aromatic rings. The summed E-state index contributed by atoms with van der Waals surface area (Å²) in [5.74, 6) is 4.16. The number of benzene rings is 1. The number of piperidine rings is 1. The Morgan fingerprint density at radius 2 is 2.00 bits per heavy atom. The number of aliphatic hydroxyl groups is 1. The Hall–Kier alpha value is -1.70. The van der Waals surface area contributed by atoms with Gasteiger partial charge >= 0.3 is 0 Å². The monoisotopic (exact) mass is 260 g/mol. The molecule has 2 aliphatic rings. The topological polar surface area (TPSA) is 43.1 Å². The molecule has 2 aliphatic heterocycles. The van der Waals surface area contributed by atoms with Crippen molar-refractivity contribution >= 4 is 0 Å². The van der Waals surface area contributed by atoms with Crippen molar-refractivity contribution in [1.82, 2.24) is 0 Å². The second-order valence-corrected chi connectivity index (χ2v) is 5.23. The molecule has 0 aromatic heterocycles. The van der Waals surface area contributed by atoms with E-state index in [2.05, 4.69) is 5.92 Å². The molecule has 2 N–H and O–H groups in total. The minimum atomic E-state index is -0.765. The Labute approximate surface area is 112 Å². The Morgan fingerprint density at radius 1 is 1.26 bits per heavy atom. The second-order valence-electron chi connectivity index (χ2n) is 5.23. The first-order valence-electron chi connectivity index (χ1n) is 6.61. The molecule has 4 heteroatoms. The van der Waals surface area contributed by atoms with Crippen LogP contribution in [0.2, 0.25) is 0 Å². The van der Waals surface area contributed by atoms with Crippen molar-refractivity contribution in [3.8, 4) is 23.8 Å². The Balaban J connectivity index is 1.77. The summed E-state index contributed by atoms with van der Waals surface area (Å²) in [6, 6.07) is 5.70. The van der Waals surface area contributed by atoms with Gasteiger partial charge in [0.1, 0.15) is 12.1 Å². The Kier molecular flexibility index (Phi) is 3.09. The highest BCUT2D eigenvalue weighted by atomic mass is 16.7. The molecule has 1 saturated heterocycles. The number of quaternary nitrogens is 1. The van der Waals surface area contributed by atoms with Crippen LogP contribution in [0.15, 0.2) is 18.2 Å². The lowest BCUT2D eigenvalue weighted by Gasteiger charge is -2.35. The van der Waals surface area contributed by atoms with E-state index in [4.69, 9.17) is 15.9 Å². The SMILES string of the molecule is C#CC[NH+]1CCC(O)(c2ccc3c(c2)OCO3)CC1. The summed E-state index contributed by atoms with van der Waals surface area (Å²) < 4.78 is 10.7. The van der Waals surface area contributed by atoms with Crippen molar-refractivity contribution in [3.63, 3.8) is 0 Å². The van der Waals surface area contributed by atoms with Crippen molar-refractivity contribution in [2.24, 2.45) is 0 Å². The summed E-state index contributed by atoms with van der Waals surface area (Å²) in [6.45, 7) is 2.79. The lowest BCUT2D eigenvalue weighted by Crippen LogP contribution is -3.13. The van der Waals surface area contributed by atoms with E-state index in [1.807, 2.05) is 18.2 Å². The molecule has 0 radical (unpaired) electrons. The molecule has 19 heavy (non-hydrogen) atoms. The maximum atomic E-state index is 10.8. The number of nitrogens with one attached hydrogen (secondary N) is 1. The van der Waals surface area contributed by atoms with Crippen LogP contribution in [0.3, 0.4) is 0 Å². The van der Waals surface area contributed by atoms with Gasteiger partial charge in [0, 0.05) is 12.8 Å². The maximum Gasteiger partial charge on any atom is 0.231 e. The Morgan fingerprint density at radius 3 is 2.74 bits per heavy atom. The molecular formula is C15H18NO3+. The van der Waals surface area contributed by atoms with Gasteiger partial charge in [-0.1, -0.05) is 6.07 Å². The first-order chi connectivity index (χ1) is 9.21. The highest BCUT2D eigenvalue weighted by molar-refractivity contribution is 5.46. The molecule has 0 amide bonds. The van der Waals surface area contributed by atoms with Gasteiger partial charge in [-0.15, -0.1) is 6.42 Å². The van der Waals surface area contributed by atoms with Crippen molar-refractivity contribution in [2.75, 3.05) is 26.4 Å². The number of hydrogen-bond acceptors (Lipinski definition) is 3. The smallest absolute Gasteiger partial charge is 0.231 e. The summed E-state index contributed by atoms with van der Waals surface area (Å²) in [4.78, 5) is 1.37. The zero-order valence-electron chi connectivity index (χ0n) is 10.8. The largest absolute Gasteiger partial charge is 0.454 e. The zero-order valence-corrected chi connectivity index (χ0v) is 10.8. The Bertz CT molecular complexity index is 513. The standard InChI is InChI=1S/C15H17NO3/c1-2-7-16-8-5-15(17,6-9-16)12-3-4-13-14(10-12)19-11-18-13/h1,3-4,10,17H,5-9,11H2/p+1. The summed E-state index contributed by atoms with van der Waals surface area (Å²) in [5.41, 5.74) is 0.149. The number of rotatable bonds is 2. The normalized spacial score (nSPS) is 28.9. The third-order valence-corrected chi connectivity index (χ3v) is 4.05. The van der Waals surface area contributed by atoms with Gasteiger partial charge in [0.2, 0.25) is 6.79 Å². The van der Waals surface area contributed by atoms with Gasteiger partial charge in [-0.05, 0) is 23.6 Å². The van der Waals surface area contributed by atoms with E-state index in [1.165, 1.54) is 4.90 Å². The minimum absolute atomic E-state index is 0.261. The van der Waals surface area contributed by atoms with Crippen molar-refractivity contribution < 1.29 is 19.5 Å². The molecule has 1 aromatic carbocycles. The minimum Gasteiger partial charge on any atom is -0.454 e. The highest BCUT2D eigenvalue weighted by Gasteiger charge is 2.36. The van der Waals surface area contributed by atoms with Crippen LogP contribution in [0.1, 0.15) is 18.4 Å². The maximum absolute atomic E-state index is 10.8. The van der Waals surface area contributed by atoms with Crippen LogP contribution in [-0.4, -0.2) is 31.5 Å². The molecule has 1 fully saturated rings. The lowest BCUT2D eigenvalue weighted by molar-refractivity contribution is -0.900. The third kappa shape index (κ3) is 2.27. The van der Waals surface area contributed by atoms with Crippen LogP contribution in [-0.2, 0) is 5.60 Å². The second kappa shape index (κ2) is 4.76. The number of terminal acetylenes is 1. The summed E-state index contributed by atoms with van der Waals surface area (Å²) in [6.07, 6.45) is 6.79. The number of likely N-dealkylation sites (tertiary alicyclic amines) is 1. The molecule has 3 rings (SSSR count). The van der Waals surface area contributed by atoms with Crippen LogP contribution in [0.5, 0.6) is 11.5 Å². The summed E-state index contributed by atoms with van der Waals surface area (Å²) in [7, 11) is 0. The van der Waals surface area contributed by atoms with Gasteiger partial charge in [-0.2, -0.15) is 0 Å². The summed E-state index contributed by atoms with van der Waals surface area (Å²) in [5, 5.41) is 10.8. The molecule has 0 atom stereocenters. The quantitative estimate of drug-likeness (QED) is 0.731. The van der Waals surface area contributed by atoms with Gasteiger partial charge in [0.25, 0.3) is 0 Å². The fourth-order valence-electron chi connectivity index (χ4n) is 2.81. The number of fused-ring (bicyclic) bond motifs is 1. The highest BCUT2D eigenvalue weighted by Crippen LogP contribution is 2.38. The van der Waals surface area contributed by atoms with Gasteiger partial charge < -0.3 is 19.5 Å². The van der Waals surface area contributed by atoms with Crippen LogP contribution in [0, 0.1) is 12.3 Å². The molecule has 0 unspecified atom stereocenters. The predicted molar refractivity (Wildman–Crippen MR) is 70.1 cm³/mol. The molecule has 4 nitrogen and oxygen atoms in total. The first-order valence-corrected chi connectivity index (χ1v) is 6.61. The molecule has 0 saturated carbocycles. The van der Waals surface area contributed by atoms with E-state index in [9.17, 15) is 5.11 Å². The molecule has 0 bridgehead atoms. The molecule has 0 aliphatic carbocycles. The van der Waals surface area contributed by atoms with Crippen LogP contribution < -0.4 is 14.4 Å². The van der Waals surface area contributed by atoms with Crippen molar-refractivity contribution in [1.29, 1.82) is 0 Å². The van der Waals surface area contributed by atoms with E-state index >= 15 is 0 Å². The van der Waals surface area contributed by atoms with Gasteiger partial charge in [0.05, 0.1) is 13.1 Å². The van der Waals surface area contributed by atoms with Crippen LogP contribution in [0.4, 0.5) is 0 Å². The fraction of sp³-hybridized carbons (Fsp3) is 0.467. The fourth-order valence-corrected chi connectivity index (χ4v) is 2.81. The van der Waals surface area contributed by atoms with Crippen LogP contribution >= 0.6 is 0 Å². The average Bonchev–Trinajstić information content (AvgIpc) is 2.89.